The maximum Gasteiger partial charge on any atom is 0.276 e. The van der Waals surface area contributed by atoms with Gasteiger partial charge in [0.25, 0.3) is 5.69 Å². The Bertz CT molecular complexity index is 409. The highest BCUT2D eigenvalue weighted by atomic mass is 35.5. The summed E-state index contributed by atoms with van der Waals surface area (Å²) in [6, 6.07) is 2.43. The molecule has 0 unspecified atom stereocenters. The first-order chi connectivity index (χ1) is 7.34. The Labute approximate surface area is 97.4 Å². The Morgan fingerprint density at radius 1 is 1.62 bits per heavy atom. The van der Waals surface area contributed by atoms with Crippen molar-refractivity contribution in [3.63, 3.8) is 0 Å². The van der Waals surface area contributed by atoms with Crippen LogP contribution in [0.5, 0.6) is 0 Å². The molecule has 7 heteroatoms. The van der Waals surface area contributed by atoms with Crippen LogP contribution in [0.25, 0.3) is 0 Å². The van der Waals surface area contributed by atoms with E-state index in [9.17, 15) is 10.1 Å². The molecule has 0 aliphatic heterocycles. The molecule has 0 spiro atoms. The van der Waals surface area contributed by atoms with E-state index < -0.39 is 10.5 Å². The van der Waals surface area contributed by atoms with Crippen LogP contribution in [0.1, 0.15) is 13.8 Å². The van der Waals surface area contributed by atoms with Gasteiger partial charge in [0.1, 0.15) is 11.0 Å². The van der Waals surface area contributed by atoms with Gasteiger partial charge in [-0.25, -0.2) is 4.98 Å². The van der Waals surface area contributed by atoms with Crippen LogP contribution in [-0.2, 0) is 0 Å². The van der Waals surface area contributed by atoms with Gasteiger partial charge in [0, 0.05) is 0 Å². The minimum Gasteiger partial charge on any atom is -0.394 e. The molecule has 0 radical (unpaired) electrons. The number of pyridine rings is 1. The molecule has 0 fully saturated rings. The average molecular weight is 246 g/mol. The van der Waals surface area contributed by atoms with Gasteiger partial charge in [0.2, 0.25) is 0 Å². The van der Waals surface area contributed by atoms with Crippen molar-refractivity contribution < 1.29 is 10.0 Å². The molecule has 6 nitrogen and oxygen atoms in total. The first kappa shape index (κ1) is 12.7. The summed E-state index contributed by atoms with van der Waals surface area (Å²) in [5, 5.41) is 22.5. The number of aliphatic hydroxyl groups is 1. The standard InChI is InChI=1S/C9H12ClN3O3/c1-9(2,5-14)12-8-4-6(13(15)16)3-7(10)11-8/h3-4,14H,5H2,1-2H3,(H,11,12). The van der Waals surface area contributed by atoms with Gasteiger partial charge in [-0.15, -0.1) is 0 Å². The normalized spacial score (nSPS) is 11.2. The molecule has 0 saturated heterocycles. The van der Waals surface area contributed by atoms with Gasteiger partial charge in [0.05, 0.1) is 29.2 Å². The van der Waals surface area contributed by atoms with Gasteiger partial charge < -0.3 is 10.4 Å². The second kappa shape index (κ2) is 4.63. The smallest absolute Gasteiger partial charge is 0.276 e. The predicted molar refractivity (Wildman–Crippen MR) is 60.7 cm³/mol. The number of hydrogen-bond donors (Lipinski definition) is 2. The van der Waals surface area contributed by atoms with Gasteiger partial charge >= 0.3 is 0 Å². The lowest BCUT2D eigenvalue weighted by Crippen LogP contribution is -2.35. The Balaban J connectivity index is 3.01. The van der Waals surface area contributed by atoms with E-state index in [1.54, 1.807) is 13.8 Å². The highest BCUT2D eigenvalue weighted by Gasteiger charge is 2.18. The van der Waals surface area contributed by atoms with Crippen molar-refractivity contribution in [3.8, 4) is 0 Å². The molecule has 0 bridgehead atoms. The first-order valence-corrected chi connectivity index (χ1v) is 4.93. The summed E-state index contributed by atoms with van der Waals surface area (Å²) in [6.07, 6.45) is 0. The van der Waals surface area contributed by atoms with Crippen molar-refractivity contribution in [3.05, 3.63) is 27.4 Å². The van der Waals surface area contributed by atoms with Gasteiger partial charge in [-0.2, -0.15) is 0 Å². The first-order valence-electron chi connectivity index (χ1n) is 4.55. The van der Waals surface area contributed by atoms with Crippen molar-refractivity contribution >= 4 is 23.1 Å². The summed E-state index contributed by atoms with van der Waals surface area (Å²) in [6.45, 7) is 3.35. The van der Waals surface area contributed by atoms with Crippen molar-refractivity contribution in [1.82, 2.24) is 4.98 Å². The zero-order chi connectivity index (χ0) is 12.3. The quantitative estimate of drug-likeness (QED) is 0.480. The van der Waals surface area contributed by atoms with Crippen molar-refractivity contribution in [2.24, 2.45) is 0 Å². The number of halogens is 1. The van der Waals surface area contributed by atoms with Crippen LogP contribution in [0.3, 0.4) is 0 Å². The van der Waals surface area contributed by atoms with E-state index in [-0.39, 0.29) is 23.3 Å². The Hall–Kier alpha value is -1.40. The third-order valence-electron chi connectivity index (χ3n) is 1.85. The Morgan fingerprint density at radius 3 is 2.75 bits per heavy atom. The van der Waals surface area contributed by atoms with Crippen LogP contribution in [-0.4, -0.2) is 27.2 Å². The van der Waals surface area contributed by atoms with E-state index in [1.165, 1.54) is 12.1 Å². The second-order valence-electron chi connectivity index (χ2n) is 3.96. The lowest BCUT2D eigenvalue weighted by molar-refractivity contribution is -0.384. The van der Waals surface area contributed by atoms with E-state index >= 15 is 0 Å². The van der Waals surface area contributed by atoms with Crippen molar-refractivity contribution in [2.75, 3.05) is 11.9 Å². The highest BCUT2D eigenvalue weighted by Crippen LogP contribution is 2.22. The number of rotatable bonds is 4. The number of nitrogens with one attached hydrogen (secondary N) is 1. The molecule has 1 rings (SSSR count). The molecule has 1 aromatic rings. The van der Waals surface area contributed by atoms with Gasteiger partial charge in [-0.05, 0) is 13.8 Å². The maximum atomic E-state index is 10.6. The molecule has 16 heavy (non-hydrogen) atoms. The van der Waals surface area contributed by atoms with E-state index in [2.05, 4.69) is 10.3 Å². The van der Waals surface area contributed by atoms with Crippen LogP contribution in [0.2, 0.25) is 5.15 Å². The molecule has 2 N–H and O–H groups in total. The van der Waals surface area contributed by atoms with Crippen LogP contribution >= 0.6 is 11.6 Å². The zero-order valence-corrected chi connectivity index (χ0v) is 9.65. The Kier molecular flexibility index (Phi) is 3.66. The molecule has 0 amide bonds. The topological polar surface area (TPSA) is 88.3 Å². The van der Waals surface area contributed by atoms with E-state index in [0.717, 1.165) is 0 Å². The molecule has 1 aromatic heterocycles. The summed E-state index contributed by atoms with van der Waals surface area (Å²) in [5.74, 6) is 0.262. The molecule has 0 aromatic carbocycles. The molecule has 0 aliphatic rings. The van der Waals surface area contributed by atoms with E-state index in [0.29, 0.717) is 0 Å². The summed E-state index contributed by atoms with van der Waals surface area (Å²) in [5.41, 5.74) is -0.762. The third-order valence-corrected chi connectivity index (χ3v) is 2.05. The molecule has 0 saturated carbocycles. The lowest BCUT2D eigenvalue weighted by atomic mass is 10.1. The number of hydrogen-bond acceptors (Lipinski definition) is 5. The van der Waals surface area contributed by atoms with Crippen LogP contribution in [0.4, 0.5) is 11.5 Å². The largest absolute Gasteiger partial charge is 0.394 e. The molecule has 88 valence electrons. The van der Waals surface area contributed by atoms with E-state index in [1.807, 2.05) is 0 Å². The second-order valence-corrected chi connectivity index (χ2v) is 4.34. The van der Waals surface area contributed by atoms with Gasteiger partial charge in [0.15, 0.2) is 0 Å². The number of anilines is 1. The monoisotopic (exact) mass is 245 g/mol. The van der Waals surface area contributed by atoms with Crippen LogP contribution in [0, 0.1) is 10.1 Å². The number of nitrogens with zero attached hydrogens (tertiary/aromatic N) is 2. The van der Waals surface area contributed by atoms with Crippen LogP contribution in [0.15, 0.2) is 12.1 Å². The van der Waals surface area contributed by atoms with Gasteiger partial charge in [-0.1, -0.05) is 11.6 Å². The highest BCUT2D eigenvalue weighted by molar-refractivity contribution is 6.29. The average Bonchev–Trinajstić information content (AvgIpc) is 2.16. The minimum absolute atomic E-state index is 0.0328. The molecular formula is C9H12ClN3O3. The SMILES string of the molecule is CC(C)(CO)Nc1cc([N+](=O)[O-])cc(Cl)n1. The lowest BCUT2D eigenvalue weighted by Gasteiger charge is -2.23. The fourth-order valence-corrected chi connectivity index (χ4v) is 1.24. The molecule has 1 heterocycles. The predicted octanol–water partition coefficient (Wildman–Crippen LogP) is 1.83. The third kappa shape index (κ3) is 3.32. The summed E-state index contributed by atoms with van der Waals surface area (Å²) >= 11 is 5.65. The molecule has 0 atom stereocenters. The zero-order valence-electron chi connectivity index (χ0n) is 8.90. The fourth-order valence-electron chi connectivity index (χ4n) is 1.04. The number of aromatic nitrogens is 1. The van der Waals surface area contributed by atoms with Crippen molar-refractivity contribution in [1.29, 1.82) is 0 Å². The molecule has 0 aliphatic carbocycles. The van der Waals surface area contributed by atoms with E-state index in [4.69, 9.17) is 16.7 Å². The minimum atomic E-state index is -0.619. The van der Waals surface area contributed by atoms with Gasteiger partial charge in [-0.3, -0.25) is 10.1 Å². The number of aliphatic hydroxyl groups excluding tert-OH is 1. The number of nitro groups is 1. The van der Waals surface area contributed by atoms with Crippen molar-refractivity contribution in [2.45, 2.75) is 19.4 Å². The summed E-state index contributed by atoms with van der Waals surface area (Å²) in [7, 11) is 0. The Morgan fingerprint density at radius 2 is 2.25 bits per heavy atom. The fraction of sp³-hybridized carbons (Fsp3) is 0.444. The maximum absolute atomic E-state index is 10.6. The van der Waals surface area contributed by atoms with Crippen LogP contribution < -0.4 is 5.32 Å². The summed E-state index contributed by atoms with van der Waals surface area (Å²) in [4.78, 5) is 13.9. The molecular weight excluding hydrogens is 234 g/mol. The summed E-state index contributed by atoms with van der Waals surface area (Å²) < 4.78 is 0.